The molecule has 3 rings (SSSR count). The van der Waals surface area contributed by atoms with Gasteiger partial charge in [-0.1, -0.05) is 32.6 Å². The Labute approximate surface area is 141 Å². The van der Waals surface area contributed by atoms with Gasteiger partial charge in [0.25, 0.3) is 5.91 Å². The van der Waals surface area contributed by atoms with Gasteiger partial charge < -0.3 is 14.2 Å². The fraction of sp³-hybridized carbons (Fsp3) is 0.357. The van der Waals surface area contributed by atoms with Crippen LogP contribution in [-0.4, -0.2) is 47.2 Å². The molecule has 0 unspecified atom stereocenters. The van der Waals surface area contributed by atoms with Crippen molar-refractivity contribution in [3.63, 3.8) is 0 Å². The molecule has 1 aliphatic heterocycles. The smallest absolute Gasteiger partial charge is 0.318 e. The molecule has 22 heavy (non-hydrogen) atoms. The van der Waals surface area contributed by atoms with Crippen molar-refractivity contribution in [2.75, 3.05) is 31.1 Å². The fourth-order valence-electron chi connectivity index (χ4n) is 2.37. The van der Waals surface area contributed by atoms with Crippen LogP contribution in [0.15, 0.2) is 27.1 Å². The molecule has 6 nitrogen and oxygen atoms in total. The summed E-state index contributed by atoms with van der Waals surface area (Å²) in [5.74, 6) is 0.516. The van der Waals surface area contributed by atoms with E-state index in [4.69, 9.17) is 16.0 Å². The molecule has 0 radical (unpaired) electrons. The summed E-state index contributed by atoms with van der Waals surface area (Å²) in [5, 5.41) is 8.37. The zero-order valence-electron chi connectivity index (χ0n) is 11.9. The van der Waals surface area contributed by atoms with Gasteiger partial charge in [-0.25, -0.2) is 0 Å². The first-order valence-corrected chi connectivity index (χ1v) is 8.00. The van der Waals surface area contributed by atoms with Crippen LogP contribution in [0.5, 0.6) is 0 Å². The Morgan fingerprint density at radius 1 is 1.23 bits per heavy atom. The summed E-state index contributed by atoms with van der Waals surface area (Å²) in [5.41, 5.74) is 0.585. The van der Waals surface area contributed by atoms with E-state index in [9.17, 15) is 4.79 Å². The van der Waals surface area contributed by atoms with Crippen LogP contribution >= 0.6 is 27.5 Å². The minimum absolute atomic E-state index is 0.0236. The van der Waals surface area contributed by atoms with Crippen LogP contribution in [0.1, 0.15) is 16.2 Å². The fourth-order valence-corrected chi connectivity index (χ4v) is 3.23. The second kappa shape index (κ2) is 6.26. The van der Waals surface area contributed by atoms with E-state index >= 15 is 0 Å². The molecule has 1 aromatic carbocycles. The lowest BCUT2D eigenvalue weighted by Crippen LogP contribution is -2.49. The monoisotopic (exact) mass is 384 g/mol. The highest BCUT2D eigenvalue weighted by Crippen LogP contribution is 2.22. The van der Waals surface area contributed by atoms with Crippen LogP contribution in [0.4, 0.5) is 6.01 Å². The van der Waals surface area contributed by atoms with Crippen molar-refractivity contribution in [2.45, 2.75) is 6.92 Å². The van der Waals surface area contributed by atoms with Crippen LogP contribution in [0.25, 0.3) is 0 Å². The normalized spacial score (nSPS) is 15.2. The van der Waals surface area contributed by atoms with E-state index < -0.39 is 0 Å². The van der Waals surface area contributed by atoms with Crippen LogP contribution in [0.3, 0.4) is 0 Å². The number of rotatable bonds is 2. The molecule has 0 saturated carbocycles. The van der Waals surface area contributed by atoms with E-state index in [1.54, 1.807) is 30.0 Å². The van der Waals surface area contributed by atoms with Crippen LogP contribution in [-0.2, 0) is 0 Å². The summed E-state index contributed by atoms with van der Waals surface area (Å²) < 4.78 is 6.21. The lowest BCUT2D eigenvalue weighted by molar-refractivity contribution is 0.0745. The SMILES string of the molecule is Cc1nnc(N2CCN(C(=O)c3cc(Cl)cc(Br)c3)CC2)o1. The molecular weight excluding hydrogens is 372 g/mol. The van der Waals surface area contributed by atoms with E-state index in [1.807, 2.05) is 4.90 Å². The maximum atomic E-state index is 12.5. The largest absolute Gasteiger partial charge is 0.408 e. The second-order valence-electron chi connectivity index (χ2n) is 5.04. The zero-order valence-corrected chi connectivity index (χ0v) is 14.3. The number of hydrogen-bond donors (Lipinski definition) is 0. The number of amides is 1. The molecule has 1 saturated heterocycles. The molecule has 2 heterocycles. The van der Waals surface area contributed by atoms with Crippen LogP contribution in [0.2, 0.25) is 5.02 Å². The number of hydrogen-bond acceptors (Lipinski definition) is 5. The maximum Gasteiger partial charge on any atom is 0.318 e. The first-order chi connectivity index (χ1) is 10.5. The number of aryl methyl sites for hydroxylation is 1. The Balaban J connectivity index is 1.67. The predicted molar refractivity (Wildman–Crippen MR) is 86.3 cm³/mol. The summed E-state index contributed by atoms with van der Waals surface area (Å²) in [4.78, 5) is 16.3. The summed E-state index contributed by atoms with van der Waals surface area (Å²) in [6.45, 7) is 4.28. The van der Waals surface area contributed by atoms with Gasteiger partial charge in [0, 0.05) is 48.2 Å². The number of aromatic nitrogens is 2. The Kier molecular flexibility index (Phi) is 4.35. The van der Waals surface area contributed by atoms with Gasteiger partial charge in [0.15, 0.2) is 0 Å². The molecule has 2 aromatic rings. The third kappa shape index (κ3) is 3.25. The van der Waals surface area contributed by atoms with Gasteiger partial charge in [-0.3, -0.25) is 4.79 Å². The lowest BCUT2D eigenvalue weighted by Gasteiger charge is -2.33. The van der Waals surface area contributed by atoms with Gasteiger partial charge in [-0.2, -0.15) is 0 Å². The third-order valence-electron chi connectivity index (χ3n) is 3.46. The topological polar surface area (TPSA) is 62.5 Å². The van der Waals surface area contributed by atoms with Crippen LogP contribution in [0, 0.1) is 6.92 Å². The second-order valence-corrected chi connectivity index (χ2v) is 6.39. The molecule has 0 atom stereocenters. The van der Waals surface area contributed by atoms with Gasteiger partial charge >= 0.3 is 6.01 Å². The number of nitrogens with zero attached hydrogens (tertiary/aromatic N) is 4. The Hall–Kier alpha value is -1.60. The van der Waals surface area contributed by atoms with E-state index in [2.05, 4.69) is 26.1 Å². The number of benzene rings is 1. The van der Waals surface area contributed by atoms with Gasteiger partial charge in [0.05, 0.1) is 0 Å². The van der Waals surface area contributed by atoms with E-state index in [1.165, 1.54) is 0 Å². The number of halogens is 2. The molecule has 0 N–H and O–H groups in total. The highest BCUT2D eigenvalue weighted by molar-refractivity contribution is 9.10. The minimum Gasteiger partial charge on any atom is -0.408 e. The maximum absolute atomic E-state index is 12.5. The average molecular weight is 386 g/mol. The Bertz CT molecular complexity index is 678. The number of anilines is 1. The van der Waals surface area contributed by atoms with Gasteiger partial charge in [0.2, 0.25) is 5.89 Å². The number of piperazine rings is 1. The highest BCUT2D eigenvalue weighted by atomic mass is 79.9. The molecule has 1 aromatic heterocycles. The van der Waals surface area contributed by atoms with Gasteiger partial charge in [-0.05, 0) is 18.2 Å². The van der Waals surface area contributed by atoms with E-state index in [0.717, 1.165) is 4.47 Å². The van der Waals surface area contributed by atoms with Crippen molar-refractivity contribution < 1.29 is 9.21 Å². The Morgan fingerprint density at radius 3 is 2.55 bits per heavy atom. The first-order valence-electron chi connectivity index (χ1n) is 6.83. The molecule has 116 valence electrons. The van der Waals surface area contributed by atoms with E-state index in [-0.39, 0.29) is 5.91 Å². The molecule has 0 aliphatic carbocycles. The van der Waals surface area contributed by atoms with E-state index in [0.29, 0.717) is 48.7 Å². The molecule has 0 spiro atoms. The summed E-state index contributed by atoms with van der Waals surface area (Å²) in [6, 6.07) is 5.73. The van der Waals surface area contributed by atoms with Crippen molar-refractivity contribution in [3.05, 3.63) is 39.1 Å². The third-order valence-corrected chi connectivity index (χ3v) is 4.14. The average Bonchev–Trinajstić information content (AvgIpc) is 2.92. The standard InChI is InChI=1S/C14H14BrClN4O2/c1-9-17-18-14(22-9)20-4-2-19(3-5-20)13(21)10-6-11(15)8-12(16)7-10/h6-8H,2-5H2,1H3. The van der Waals surface area contributed by atoms with Crippen molar-refractivity contribution in [1.29, 1.82) is 0 Å². The highest BCUT2D eigenvalue weighted by Gasteiger charge is 2.25. The van der Waals surface area contributed by atoms with Crippen molar-refractivity contribution in [1.82, 2.24) is 15.1 Å². The van der Waals surface area contributed by atoms with Crippen molar-refractivity contribution in [3.8, 4) is 0 Å². The van der Waals surface area contributed by atoms with Gasteiger partial charge in [-0.15, -0.1) is 5.10 Å². The summed E-state index contributed by atoms with van der Waals surface area (Å²) in [7, 11) is 0. The summed E-state index contributed by atoms with van der Waals surface area (Å²) in [6.07, 6.45) is 0. The van der Waals surface area contributed by atoms with Crippen molar-refractivity contribution >= 4 is 39.5 Å². The molecule has 0 bridgehead atoms. The lowest BCUT2D eigenvalue weighted by atomic mass is 10.2. The molecule has 8 heteroatoms. The van der Waals surface area contributed by atoms with Gasteiger partial charge in [0.1, 0.15) is 0 Å². The number of carbonyl (C=O) groups is 1. The quantitative estimate of drug-likeness (QED) is 0.795. The molecule has 1 fully saturated rings. The van der Waals surface area contributed by atoms with Crippen molar-refractivity contribution in [2.24, 2.45) is 0 Å². The van der Waals surface area contributed by atoms with Crippen LogP contribution < -0.4 is 4.90 Å². The molecule has 1 aliphatic rings. The molecular formula is C14H14BrClN4O2. The predicted octanol–water partition coefficient (Wildman–Crippen LogP) is 2.76. The first kappa shape index (κ1) is 15.3. The zero-order chi connectivity index (χ0) is 15.7. The minimum atomic E-state index is -0.0236. The Morgan fingerprint density at radius 2 is 1.95 bits per heavy atom. The molecule has 1 amide bonds. The summed E-state index contributed by atoms with van der Waals surface area (Å²) >= 11 is 9.36. The number of carbonyl (C=O) groups excluding carboxylic acids is 1.